The Hall–Kier alpha value is -4.45. The van der Waals surface area contributed by atoms with Gasteiger partial charge in [0.05, 0.1) is 29.9 Å². The highest BCUT2D eigenvalue weighted by molar-refractivity contribution is 5.97. The lowest BCUT2D eigenvalue weighted by Gasteiger charge is -2.24. The van der Waals surface area contributed by atoms with Gasteiger partial charge in [-0.3, -0.25) is 14.5 Å². The van der Waals surface area contributed by atoms with Crippen molar-refractivity contribution in [2.45, 2.75) is 58.0 Å². The van der Waals surface area contributed by atoms with Crippen LogP contribution in [0.1, 0.15) is 48.0 Å². The molecule has 0 spiro atoms. The van der Waals surface area contributed by atoms with Crippen molar-refractivity contribution in [2.75, 3.05) is 0 Å². The van der Waals surface area contributed by atoms with Crippen LogP contribution < -0.4 is 15.9 Å². The molecular weight excluding hydrogens is 492 g/mol. The summed E-state index contributed by atoms with van der Waals surface area (Å²) in [5.74, 6) is -1.59. The molecule has 4 N–H and O–H groups in total. The van der Waals surface area contributed by atoms with Crippen LogP contribution in [0, 0.1) is 5.21 Å². The van der Waals surface area contributed by atoms with E-state index in [4.69, 9.17) is 10.5 Å². The predicted molar refractivity (Wildman–Crippen MR) is 135 cm³/mol. The highest BCUT2D eigenvalue weighted by Gasteiger charge is 2.36. The highest BCUT2D eigenvalue weighted by atomic mass is 16.6. The molecule has 1 aromatic carbocycles. The van der Waals surface area contributed by atoms with E-state index >= 15 is 0 Å². The molecule has 0 saturated carbocycles. The molecule has 12 nitrogen and oxygen atoms in total. The number of hydrogen-bond acceptors (Lipinski definition) is 7. The lowest BCUT2D eigenvalue weighted by atomic mass is 10.0. The van der Waals surface area contributed by atoms with Gasteiger partial charge in [0.15, 0.2) is 6.10 Å². The average Bonchev–Trinajstić information content (AvgIpc) is 3.42. The standard InChI is InChI=1S/C26H30N6O6/c1-26(2,3)38-25(36)30-13-17-14-31(32(37)20(17)15-30)23-18(10-7-11-28-23)24(35)29-19(21(33)22(27)34)12-16-8-5-4-6-9-16/h4-11,14,19,21,33H,12-13,15H2,1-3H3,(H2,27,34)(H,29,35). The van der Waals surface area contributed by atoms with Gasteiger partial charge in [-0.25, -0.2) is 9.78 Å². The molecule has 0 radical (unpaired) electrons. The quantitative estimate of drug-likeness (QED) is 0.307. The Balaban J connectivity index is 1.58. The van der Waals surface area contributed by atoms with Crippen LogP contribution in [0.25, 0.3) is 5.82 Å². The van der Waals surface area contributed by atoms with Crippen LogP contribution in [0.5, 0.6) is 0 Å². The third-order valence-corrected chi connectivity index (χ3v) is 5.96. The predicted octanol–water partition coefficient (Wildman–Crippen LogP) is 0.944. The molecule has 38 heavy (non-hydrogen) atoms. The minimum absolute atomic E-state index is 0.0407. The van der Waals surface area contributed by atoms with E-state index in [1.807, 2.05) is 6.07 Å². The molecule has 4 rings (SSSR count). The number of aromatic nitrogens is 3. The Kier molecular flexibility index (Phi) is 7.35. The fraction of sp³-hybridized carbons (Fsp3) is 0.346. The number of rotatable bonds is 7. The number of pyridine rings is 1. The molecule has 0 bridgehead atoms. The molecule has 0 saturated heterocycles. The zero-order valence-electron chi connectivity index (χ0n) is 21.3. The summed E-state index contributed by atoms with van der Waals surface area (Å²) in [7, 11) is 0. The number of ether oxygens (including phenoxy) is 1. The molecule has 12 heteroatoms. The number of nitrogens with one attached hydrogen (secondary N) is 1. The number of nitrogens with zero attached hydrogens (tertiary/aromatic N) is 4. The van der Waals surface area contributed by atoms with Gasteiger partial charge < -0.3 is 26.1 Å². The summed E-state index contributed by atoms with van der Waals surface area (Å²) < 4.78 is 6.58. The number of carbonyl (C=O) groups is 3. The monoisotopic (exact) mass is 522 g/mol. The molecule has 1 aliphatic rings. The molecule has 2 atom stereocenters. The van der Waals surface area contributed by atoms with Crippen LogP contribution in [0.4, 0.5) is 4.79 Å². The molecule has 200 valence electrons. The third-order valence-electron chi connectivity index (χ3n) is 5.96. The van der Waals surface area contributed by atoms with Crippen molar-refractivity contribution >= 4 is 17.9 Å². The second-order valence-corrected chi connectivity index (χ2v) is 10.0. The van der Waals surface area contributed by atoms with E-state index in [0.29, 0.717) is 16.1 Å². The fourth-order valence-corrected chi connectivity index (χ4v) is 4.18. The van der Waals surface area contributed by atoms with Crippen LogP contribution in [0.15, 0.2) is 54.9 Å². The van der Waals surface area contributed by atoms with Gasteiger partial charge in [-0.2, -0.15) is 0 Å². The maximum Gasteiger partial charge on any atom is 0.411 e. The number of primary amides is 1. The lowest BCUT2D eigenvalue weighted by molar-refractivity contribution is -0.691. The minimum atomic E-state index is -1.64. The molecule has 2 unspecified atom stereocenters. The molecular formula is C26H30N6O6. The maximum atomic E-state index is 13.3. The van der Waals surface area contributed by atoms with Crippen LogP contribution in [-0.2, 0) is 29.0 Å². The van der Waals surface area contributed by atoms with E-state index < -0.39 is 35.7 Å². The summed E-state index contributed by atoms with van der Waals surface area (Å²) >= 11 is 0. The van der Waals surface area contributed by atoms with Crippen molar-refractivity contribution in [3.63, 3.8) is 0 Å². The zero-order chi connectivity index (χ0) is 27.6. The molecule has 0 fully saturated rings. The number of hydrogen-bond donors (Lipinski definition) is 3. The molecule has 2 aromatic heterocycles. The number of benzene rings is 1. The summed E-state index contributed by atoms with van der Waals surface area (Å²) in [6.45, 7) is 5.49. The molecule has 3 heterocycles. The Bertz CT molecular complexity index is 1350. The van der Waals surface area contributed by atoms with Gasteiger partial charge in [0, 0.05) is 6.20 Å². The summed E-state index contributed by atoms with van der Waals surface area (Å²) in [5, 5.41) is 26.2. The van der Waals surface area contributed by atoms with E-state index in [-0.39, 0.29) is 30.9 Å². The molecule has 3 aromatic rings. The third kappa shape index (κ3) is 5.75. The first-order valence-corrected chi connectivity index (χ1v) is 12.0. The fourth-order valence-electron chi connectivity index (χ4n) is 4.18. The van der Waals surface area contributed by atoms with Crippen molar-refractivity contribution in [1.82, 2.24) is 19.9 Å². The van der Waals surface area contributed by atoms with Crippen molar-refractivity contribution in [3.8, 4) is 5.82 Å². The van der Waals surface area contributed by atoms with E-state index in [1.54, 1.807) is 45.0 Å². The number of amides is 3. The Morgan fingerprint density at radius 3 is 2.53 bits per heavy atom. The number of aliphatic hydroxyl groups excluding tert-OH is 1. The Morgan fingerprint density at radius 1 is 1.18 bits per heavy atom. The average molecular weight is 523 g/mol. The summed E-state index contributed by atoms with van der Waals surface area (Å²) in [6.07, 6.45) is 0.926. The molecule has 1 aliphatic heterocycles. The van der Waals surface area contributed by atoms with Crippen molar-refractivity contribution < 1.29 is 29.1 Å². The van der Waals surface area contributed by atoms with Crippen molar-refractivity contribution in [2.24, 2.45) is 5.73 Å². The van der Waals surface area contributed by atoms with Gasteiger partial charge in [-0.05, 0) is 44.9 Å². The first-order valence-electron chi connectivity index (χ1n) is 12.0. The smallest absolute Gasteiger partial charge is 0.411 e. The summed E-state index contributed by atoms with van der Waals surface area (Å²) in [6, 6.07) is 11.0. The first kappa shape index (κ1) is 26.6. The SMILES string of the molecule is CC(C)(C)OC(=O)N1Cc2cn(-c3ncccc3C(=O)NC(Cc3ccccc3)C(O)C(N)=O)[n+]([O-])c2C1. The summed E-state index contributed by atoms with van der Waals surface area (Å²) in [5.41, 5.74) is 6.39. The second-order valence-electron chi connectivity index (χ2n) is 10.0. The van der Waals surface area contributed by atoms with Crippen LogP contribution in [-0.4, -0.2) is 55.3 Å². The van der Waals surface area contributed by atoms with Gasteiger partial charge in [0.2, 0.25) is 17.4 Å². The highest BCUT2D eigenvalue weighted by Crippen LogP contribution is 2.24. The number of fused-ring (bicyclic) bond motifs is 1. The lowest BCUT2D eigenvalue weighted by Crippen LogP contribution is -2.50. The number of carbonyl (C=O) groups excluding carboxylic acids is 3. The largest absolute Gasteiger partial charge is 0.595 e. The van der Waals surface area contributed by atoms with Crippen LogP contribution >= 0.6 is 0 Å². The topological polar surface area (TPSA) is 167 Å². The Morgan fingerprint density at radius 2 is 1.89 bits per heavy atom. The Labute approximate surface area is 219 Å². The molecule has 3 amide bonds. The van der Waals surface area contributed by atoms with Gasteiger partial charge in [-0.15, -0.1) is 0 Å². The number of aliphatic hydroxyl groups is 1. The van der Waals surface area contributed by atoms with E-state index in [0.717, 1.165) is 5.56 Å². The normalized spacial score (nSPS) is 14.5. The maximum absolute atomic E-state index is 13.3. The zero-order valence-corrected chi connectivity index (χ0v) is 21.3. The minimum Gasteiger partial charge on any atom is -0.595 e. The molecule has 0 aliphatic carbocycles. The van der Waals surface area contributed by atoms with E-state index in [1.165, 1.54) is 34.1 Å². The number of nitrogens with two attached hydrogens (primary N) is 1. The first-order chi connectivity index (χ1) is 17.9. The van der Waals surface area contributed by atoms with E-state index in [2.05, 4.69) is 10.3 Å². The van der Waals surface area contributed by atoms with Crippen molar-refractivity contribution in [3.05, 3.63) is 82.4 Å². The summed E-state index contributed by atoms with van der Waals surface area (Å²) in [4.78, 5) is 43.7. The van der Waals surface area contributed by atoms with Gasteiger partial charge in [0.25, 0.3) is 5.91 Å². The van der Waals surface area contributed by atoms with Crippen LogP contribution in [0.3, 0.4) is 0 Å². The second kappa shape index (κ2) is 10.5. The van der Waals surface area contributed by atoms with Gasteiger partial charge >= 0.3 is 6.09 Å². The van der Waals surface area contributed by atoms with Crippen LogP contribution in [0.2, 0.25) is 0 Å². The van der Waals surface area contributed by atoms with Gasteiger partial charge in [0.1, 0.15) is 12.1 Å². The van der Waals surface area contributed by atoms with Gasteiger partial charge in [-0.1, -0.05) is 39.9 Å². The van der Waals surface area contributed by atoms with Crippen molar-refractivity contribution in [1.29, 1.82) is 0 Å². The van der Waals surface area contributed by atoms with E-state index in [9.17, 15) is 24.7 Å².